The Morgan fingerprint density at radius 2 is 2.00 bits per heavy atom. The molecule has 0 fully saturated rings. The zero-order valence-corrected chi connectivity index (χ0v) is 11.6. The van der Waals surface area contributed by atoms with Crippen molar-refractivity contribution in [2.45, 2.75) is 33.0 Å². The van der Waals surface area contributed by atoms with Crippen molar-refractivity contribution in [3.63, 3.8) is 0 Å². The van der Waals surface area contributed by atoms with Crippen LogP contribution >= 0.6 is 0 Å². The Labute approximate surface area is 119 Å². The molecular weight excluding hydrogens is 286 g/mol. The summed E-state index contributed by atoms with van der Waals surface area (Å²) in [4.78, 5) is 4.22. The van der Waals surface area contributed by atoms with Crippen molar-refractivity contribution in [1.82, 2.24) is 9.55 Å². The summed E-state index contributed by atoms with van der Waals surface area (Å²) >= 11 is 0. The number of aryl methyl sites for hydroxylation is 2. The van der Waals surface area contributed by atoms with Crippen LogP contribution in [-0.2, 0) is 12.7 Å². The lowest BCUT2D eigenvalue weighted by Crippen LogP contribution is -2.09. The number of hydrogen-bond acceptors (Lipinski definition) is 2. The maximum absolute atomic E-state index is 13.2. The molecule has 1 aromatic carbocycles. The highest BCUT2D eigenvalue weighted by Gasteiger charge is 2.34. The summed E-state index contributed by atoms with van der Waals surface area (Å²) in [5, 5.41) is 2.80. The van der Waals surface area contributed by atoms with E-state index in [1.54, 1.807) is 13.1 Å². The third-order valence-corrected chi connectivity index (χ3v) is 2.89. The SMILES string of the molecule is CCCn1cc(C)nc1Nc1ccc(F)c(C(F)(F)F)c1. The summed E-state index contributed by atoms with van der Waals surface area (Å²) in [6.07, 6.45) is -2.06. The van der Waals surface area contributed by atoms with E-state index >= 15 is 0 Å². The Kier molecular flexibility index (Phi) is 4.20. The Morgan fingerprint density at radius 1 is 1.29 bits per heavy atom. The monoisotopic (exact) mass is 301 g/mol. The first kappa shape index (κ1) is 15.3. The van der Waals surface area contributed by atoms with Crippen LogP contribution in [0.1, 0.15) is 24.6 Å². The molecule has 0 unspecified atom stereocenters. The second kappa shape index (κ2) is 5.75. The van der Waals surface area contributed by atoms with Gasteiger partial charge in [0.1, 0.15) is 5.82 Å². The first-order valence-corrected chi connectivity index (χ1v) is 6.48. The summed E-state index contributed by atoms with van der Waals surface area (Å²) in [5.74, 6) is -0.852. The molecule has 2 aromatic rings. The molecule has 2 rings (SSSR count). The Bertz CT molecular complexity index is 632. The standard InChI is InChI=1S/C14H15F4N3/c1-3-6-21-8-9(2)19-13(21)20-10-4-5-12(15)11(7-10)14(16,17)18/h4-5,7-8H,3,6H2,1-2H3,(H,19,20). The van der Waals surface area contributed by atoms with Crippen LogP contribution in [0.15, 0.2) is 24.4 Å². The van der Waals surface area contributed by atoms with Crippen molar-refractivity contribution in [3.8, 4) is 0 Å². The molecule has 0 bridgehead atoms. The number of nitrogens with zero attached hydrogens (tertiary/aromatic N) is 2. The van der Waals surface area contributed by atoms with E-state index in [0.29, 0.717) is 12.5 Å². The van der Waals surface area contributed by atoms with Crippen molar-refractivity contribution in [1.29, 1.82) is 0 Å². The minimum atomic E-state index is -4.73. The van der Waals surface area contributed by atoms with Crippen LogP contribution in [0.3, 0.4) is 0 Å². The molecular formula is C14H15F4N3. The Morgan fingerprint density at radius 3 is 2.62 bits per heavy atom. The molecule has 3 nitrogen and oxygen atoms in total. The van der Waals surface area contributed by atoms with Crippen LogP contribution in [0, 0.1) is 12.7 Å². The molecule has 0 aliphatic heterocycles. The van der Waals surface area contributed by atoms with Gasteiger partial charge in [0.05, 0.1) is 11.3 Å². The van der Waals surface area contributed by atoms with Crippen molar-refractivity contribution in [2.24, 2.45) is 0 Å². The minimum absolute atomic E-state index is 0.145. The fourth-order valence-electron chi connectivity index (χ4n) is 2.01. The number of aromatic nitrogens is 2. The van der Waals surface area contributed by atoms with E-state index in [4.69, 9.17) is 0 Å². The van der Waals surface area contributed by atoms with E-state index in [1.165, 1.54) is 6.07 Å². The summed E-state index contributed by atoms with van der Waals surface area (Å²) in [7, 11) is 0. The van der Waals surface area contributed by atoms with Gasteiger partial charge in [-0.1, -0.05) is 6.92 Å². The molecule has 0 radical (unpaired) electrons. The predicted octanol–water partition coefficient (Wildman–Crippen LogP) is 4.50. The van der Waals surface area contributed by atoms with Crippen LogP contribution < -0.4 is 5.32 Å². The summed E-state index contributed by atoms with van der Waals surface area (Å²) in [5.41, 5.74) is -0.395. The van der Waals surface area contributed by atoms with Crippen LogP contribution in [0.4, 0.5) is 29.2 Å². The largest absolute Gasteiger partial charge is 0.419 e. The van der Waals surface area contributed by atoms with Crippen LogP contribution in [-0.4, -0.2) is 9.55 Å². The lowest BCUT2D eigenvalue weighted by molar-refractivity contribution is -0.139. The maximum atomic E-state index is 13.2. The molecule has 0 saturated heterocycles. The van der Waals surface area contributed by atoms with Gasteiger partial charge in [-0.15, -0.1) is 0 Å². The lowest BCUT2D eigenvalue weighted by atomic mass is 10.2. The number of halogens is 4. The van der Waals surface area contributed by atoms with Crippen LogP contribution in [0.25, 0.3) is 0 Å². The highest BCUT2D eigenvalue weighted by molar-refractivity contribution is 5.55. The van der Waals surface area contributed by atoms with Crippen molar-refractivity contribution >= 4 is 11.6 Å². The molecule has 0 spiro atoms. The fourth-order valence-corrected chi connectivity index (χ4v) is 2.01. The zero-order chi connectivity index (χ0) is 15.6. The lowest BCUT2D eigenvalue weighted by Gasteiger charge is -2.12. The molecule has 1 aromatic heterocycles. The molecule has 0 aliphatic rings. The molecule has 0 saturated carbocycles. The normalized spacial score (nSPS) is 11.7. The number of alkyl halides is 3. The van der Waals surface area contributed by atoms with Crippen LogP contribution in [0.2, 0.25) is 0 Å². The Balaban J connectivity index is 2.32. The van der Waals surface area contributed by atoms with E-state index in [-0.39, 0.29) is 5.69 Å². The highest BCUT2D eigenvalue weighted by Crippen LogP contribution is 2.33. The van der Waals surface area contributed by atoms with Crippen molar-refractivity contribution < 1.29 is 17.6 Å². The number of rotatable bonds is 4. The number of imidazole rings is 1. The highest BCUT2D eigenvalue weighted by atomic mass is 19.4. The van der Waals surface area contributed by atoms with Crippen molar-refractivity contribution in [3.05, 3.63) is 41.5 Å². The molecule has 21 heavy (non-hydrogen) atoms. The van der Waals surface area contributed by atoms with E-state index in [2.05, 4.69) is 10.3 Å². The number of hydrogen-bond donors (Lipinski definition) is 1. The Hall–Kier alpha value is -2.05. The number of benzene rings is 1. The van der Waals surface area contributed by atoms with E-state index in [0.717, 1.165) is 24.2 Å². The second-order valence-corrected chi connectivity index (χ2v) is 4.72. The van der Waals surface area contributed by atoms with Gasteiger partial charge in [0.2, 0.25) is 5.95 Å². The summed E-state index contributed by atoms with van der Waals surface area (Å²) in [6.45, 7) is 4.47. The van der Waals surface area contributed by atoms with Gasteiger partial charge in [-0.2, -0.15) is 13.2 Å². The van der Waals surface area contributed by atoms with Gasteiger partial charge in [-0.3, -0.25) is 0 Å². The average Bonchev–Trinajstić information content (AvgIpc) is 2.71. The average molecular weight is 301 g/mol. The molecule has 1 heterocycles. The van der Waals surface area contributed by atoms with Crippen LogP contribution in [0.5, 0.6) is 0 Å². The maximum Gasteiger partial charge on any atom is 0.419 e. The van der Waals surface area contributed by atoms with Gasteiger partial charge >= 0.3 is 6.18 Å². The summed E-state index contributed by atoms with van der Waals surface area (Å²) < 4.78 is 53.1. The smallest absolute Gasteiger partial charge is 0.326 e. The first-order valence-electron chi connectivity index (χ1n) is 6.48. The van der Waals surface area contributed by atoms with Gasteiger partial charge in [0.25, 0.3) is 0 Å². The van der Waals surface area contributed by atoms with Crippen molar-refractivity contribution in [2.75, 3.05) is 5.32 Å². The third-order valence-electron chi connectivity index (χ3n) is 2.89. The molecule has 0 aliphatic carbocycles. The quantitative estimate of drug-likeness (QED) is 0.842. The molecule has 0 amide bonds. The molecule has 0 atom stereocenters. The number of nitrogens with one attached hydrogen (secondary N) is 1. The minimum Gasteiger partial charge on any atom is -0.326 e. The predicted molar refractivity (Wildman–Crippen MR) is 71.9 cm³/mol. The molecule has 1 N–H and O–H groups in total. The number of anilines is 2. The van der Waals surface area contributed by atoms with Gasteiger partial charge < -0.3 is 9.88 Å². The summed E-state index contributed by atoms with van der Waals surface area (Å²) in [6, 6.07) is 2.80. The third kappa shape index (κ3) is 3.53. The van der Waals surface area contributed by atoms with Gasteiger partial charge in [0, 0.05) is 18.4 Å². The van der Waals surface area contributed by atoms with Gasteiger partial charge in [-0.25, -0.2) is 9.37 Å². The van der Waals surface area contributed by atoms with Gasteiger partial charge in [0.15, 0.2) is 0 Å². The van der Waals surface area contributed by atoms with E-state index in [1.807, 2.05) is 11.5 Å². The second-order valence-electron chi connectivity index (χ2n) is 4.72. The van der Waals surface area contributed by atoms with E-state index < -0.39 is 17.6 Å². The zero-order valence-electron chi connectivity index (χ0n) is 11.6. The molecule has 114 valence electrons. The topological polar surface area (TPSA) is 29.9 Å². The van der Waals surface area contributed by atoms with E-state index in [9.17, 15) is 17.6 Å². The first-order chi connectivity index (χ1) is 9.81. The van der Waals surface area contributed by atoms with Gasteiger partial charge in [-0.05, 0) is 31.5 Å². The molecule has 7 heteroatoms. The fraction of sp³-hybridized carbons (Fsp3) is 0.357.